The lowest BCUT2D eigenvalue weighted by Crippen LogP contribution is -2.21. The van der Waals surface area contributed by atoms with Gasteiger partial charge in [-0.1, -0.05) is 32.4 Å². The van der Waals surface area contributed by atoms with Gasteiger partial charge < -0.3 is 0 Å². The van der Waals surface area contributed by atoms with Crippen molar-refractivity contribution in [2.75, 3.05) is 0 Å². The summed E-state index contributed by atoms with van der Waals surface area (Å²) in [5.41, 5.74) is 3.72. The normalized spacial score (nSPS) is 28.8. The molecule has 0 radical (unpaired) electrons. The first kappa shape index (κ1) is 12.9. The molecule has 1 aromatic carbocycles. The number of hydrogen-bond acceptors (Lipinski definition) is 1. The highest BCUT2D eigenvalue weighted by molar-refractivity contribution is 5.98. The Morgan fingerprint density at radius 1 is 1.11 bits per heavy atom. The van der Waals surface area contributed by atoms with Gasteiger partial charge in [-0.3, -0.25) is 4.79 Å². The van der Waals surface area contributed by atoms with Crippen molar-refractivity contribution >= 4 is 5.78 Å². The van der Waals surface area contributed by atoms with Crippen molar-refractivity contribution in [3.63, 3.8) is 0 Å². The predicted molar refractivity (Wildman–Crippen MR) is 78.5 cm³/mol. The van der Waals surface area contributed by atoms with Crippen LogP contribution in [0.5, 0.6) is 0 Å². The van der Waals surface area contributed by atoms with Gasteiger partial charge in [-0.15, -0.1) is 0 Å². The van der Waals surface area contributed by atoms with Crippen LogP contribution in [0.2, 0.25) is 0 Å². The highest BCUT2D eigenvalue weighted by Crippen LogP contribution is 2.49. The van der Waals surface area contributed by atoms with E-state index in [4.69, 9.17) is 0 Å². The molecule has 0 saturated heterocycles. The van der Waals surface area contributed by atoms with Crippen LogP contribution in [-0.4, -0.2) is 5.78 Å². The minimum absolute atomic E-state index is 0.330. The average molecular weight is 256 g/mol. The molecule has 2 bridgehead atoms. The number of fused-ring (bicyclic) bond motifs is 2. The molecule has 2 aliphatic carbocycles. The monoisotopic (exact) mass is 256 g/mol. The van der Waals surface area contributed by atoms with Crippen molar-refractivity contribution < 1.29 is 4.79 Å². The van der Waals surface area contributed by atoms with E-state index in [1.54, 1.807) is 0 Å². The first-order chi connectivity index (χ1) is 9.22. The number of Topliss-reactive ketones (excluding diaryl/α,β-unsaturated/α-hetero) is 1. The Morgan fingerprint density at radius 2 is 1.89 bits per heavy atom. The molecule has 1 heteroatoms. The molecule has 19 heavy (non-hydrogen) atoms. The number of carbonyl (C=O) groups is 1. The molecule has 2 fully saturated rings. The summed E-state index contributed by atoms with van der Waals surface area (Å²) in [4.78, 5) is 12.7. The zero-order chi connectivity index (χ0) is 13.4. The fourth-order valence-corrected chi connectivity index (χ4v) is 4.23. The summed E-state index contributed by atoms with van der Waals surface area (Å²) in [6.07, 6.45) is 7.20. The zero-order valence-corrected chi connectivity index (χ0v) is 12.1. The van der Waals surface area contributed by atoms with Crippen LogP contribution in [0.3, 0.4) is 0 Å². The van der Waals surface area contributed by atoms with Gasteiger partial charge in [0.2, 0.25) is 0 Å². The van der Waals surface area contributed by atoms with Gasteiger partial charge in [0, 0.05) is 11.5 Å². The van der Waals surface area contributed by atoms with Gasteiger partial charge in [0.05, 0.1) is 0 Å². The standard InChI is InChI=1S/C18H24O/c1-3-13-7-8-16(11-14(13)4-2)18(19)17-10-12-5-6-15(17)9-12/h7-8,11-12,15,17H,3-6,9-10H2,1-2H3. The van der Waals surface area contributed by atoms with E-state index in [-0.39, 0.29) is 0 Å². The van der Waals surface area contributed by atoms with Crippen LogP contribution in [0.4, 0.5) is 0 Å². The number of aryl methyl sites for hydroxylation is 2. The Balaban J connectivity index is 1.84. The molecule has 102 valence electrons. The lowest BCUT2D eigenvalue weighted by atomic mass is 9.82. The molecule has 3 atom stereocenters. The van der Waals surface area contributed by atoms with Crippen molar-refractivity contribution in [2.45, 2.75) is 52.4 Å². The molecule has 1 nitrogen and oxygen atoms in total. The first-order valence-corrected chi connectivity index (χ1v) is 7.88. The van der Waals surface area contributed by atoms with Crippen molar-refractivity contribution in [2.24, 2.45) is 17.8 Å². The summed E-state index contributed by atoms with van der Waals surface area (Å²) in [6, 6.07) is 6.39. The largest absolute Gasteiger partial charge is 0.294 e. The van der Waals surface area contributed by atoms with E-state index in [2.05, 4.69) is 32.0 Å². The predicted octanol–water partition coefficient (Wildman–Crippen LogP) is 4.43. The minimum Gasteiger partial charge on any atom is -0.294 e. The summed E-state index contributed by atoms with van der Waals surface area (Å²) in [5.74, 6) is 2.29. The first-order valence-electron chi connectivity index (χ1n) is 7.88. The summed E-state index contributed by atoms with van der Waals surface area (Å²) >= 11 is 0. The second kappa shape index (κ2) is 5.11. The quantitative estimate of drug-likeness (QED) is 0.728. The fraction of sp³-hybridized carbons (Fsp3) is 0.611. The molecular weight excluding hydrogens is 232 g/mol. The molecule has 0 N–H and O–H groups in total. The molecular formula is C18H24O. The van der Waals surface area contributed by atoms with E-state index < -0.39 is 0 Å². The second-order valence-electron chi connectivity index (χ2n) is 6.34. The molecule has 3 unspecified atom stereocenters. The summed E-state index contributed by atoms with van der Waals surface area (Å²) < 4.78 is 0. The maximum Gasteiger partial charge on any atom is 0.166 e. The number of benzene rings is 1. The summed E-state index contributed by atoms with van der Waals surface area (Å²) in [5, 5.41) is 0. The van der Waals surface area contributed by atoms with Crippen molar-refractivity contribution in [3.8, 4) is 0 Å². The third-order valence-corrected chi connectivity index (χ3v) is 5.33. The van der Waals surface area contributed by atoms with Crippen molar-refractivity contribution in [3.05, 3.63) is 34.9 Å². The van der Waals surface area contributed by atoms with Gasteiger partial charge >= 0.3 is 0 Å². The molecule has 0 heterocycles. The molecule has 2 aliphatic rings. The Hall–Kier alpha value is -1.11. The zero-order valence-electron chi connectivity index (χ0n) is 12.1. The Kier molecular flexibility index (Phi) is 3.47. The van der Waals surface area contributed by atoms with Crippen LogP contribution in [0, 0.1) is 17.8 Å². The molecule has 0 aromatic heterocycles. The second-order valence-corrected chi connectivity index (χ2v) is 6.34. The van der Waals surface area contributed by atoms with Gasteiger partial charge in [0.1, 0.15) is 0 Å². The highest BCUT2D eigenvalue weighted by atomic mass is 16.1. The van der Waals surface area contributed by atoms with E-state index in [0.29, 0.717) is 17.6 Å². The smallest absolute Gasteiger partial charge is 0.166 e. The lowest BCUT2D eigenvalue weighted by molar-refractivity contribution is 0.0874. The van der Waals surface area contributed by atoms with E-state index in [1.807, 2.05) is 0 Å². The fourth-order valence-electron chi connectivity index (χ4n) is 4.23. The number of carbonyl (C=O) groups excluding carboxylic acids is 1. The van der Waals surface area contributed by atoms with Crippen LogP contribution in [0.1, 0.15) is 61.0 Å². The van der Waals surface area contributed by atoms with Crippen molar-refractivity contribution in [1.82, 2.24) is 0 Å². The average Bonchev–Trinajstić information content (AvgIpc) is 3.08. The topological polar surface area (TPSA) is 17.1 Å². The van der Waals surface area contributed by atoms with E-state index in [0.717, 1.165) is 30.7 Å². The summed E-state index contributed by atoms with van der Waals surface area (Å²) in [6.45, 7) is 4.37. The Labute approximate surface area is 116 Å². The molecule has 2 saturated carbocycles. The number of rotatable bonds is 4. The van der Waals surface area contributed by atoms with Gasteiger partial charge in [0.25, 0.3) is 0 Å². The van der Waals surface area contributed by atoms with E-state index in [9.17, 15) is 4.79 Å². The Morgan fingerprint density at radius 3 is 2.47 bits per heavy atom. The number of hydrogen-bond donors (Lipinski definition) is 0. The molecule has 1 aromatic rings. The van der Waals surface area contributed by atoms with E-state index in [1.165, 1.54) is 30.4 Å². The van der Waals surface area contributed by atoms with Gasteiger partial charge in [0.15, 0.2) is 5.78 Å². The third-order valence-electron chi connectivity index (χ3n) is 5.33. The van der Waals surface area contributed by atoms with Crippen LogP contribution in [0.25, 0.3) is 0 Å². The molecule has 0 amide bonds. The molecule has 3 rings (SSSR count). The van der Waals surface area contributed by atoms with Crippen LogP contribution in [0.15, 0.2) is 18.2 Å². The molecule has 0 aliphatic heterocycles. The van der Waals surface area contributed by atoms with E-state index >= 15 is 0 Å². The maximum absolute atomic E-state index is 12.7. The van der Waals surface area contributed by atoms with Gasteiger partial charge in [-0.25, -0.2) is 0 Å². The number of ketones is 1. The van der Waals surface area contributed by atoms with Gasteiger partial charge in [-0.2, -0.15) is 0 Å². The highest BCUT2D eigenvalue weighted by Gasteiger charge is 2.43. The summed E-state index contributed by atoms with van der Waals surface area (Å²) in [7, 11) is 0. The van der Waals surface area contributed by atoms with Gasteiger partial charge in [-0.05, 0) is 61.1 Å². The minimum atomic E-state index is 0.330. The lowest BCUT2D eigenvalue weighted by Gasteiger charge is -2.21. The van der Waals surface area contributed by atoms with Crippen LogP contribution < -0.4 is 0 Å². The third kappa shape index (κ3) is 2.24. The maximum atomic E-state index is 12.7. The SMILES string of the molecule is CCc1ccc(C(=O)C2CC3CCC2C3)cc1CC. The van der Waals surface area contributed by atoms with Crippen LogP contribution >= 0.6 is 0 Å². The Bertz CT molecular complexity index is 488. The van der Waals surface area contributed by atoms with Crippen molar-refractivity contribution in [1.29, 1.82) is 0 Å². The molecule has 0 spiro atoms. The van der Waals surface area contributed by atoms with Crippen LogP contribution in [-0.2, 0) is 12.8 Å².